The summed E-state index contributed by atoms with van der Waals surface area (Å²) in [5, 5.41) is 20.1. The number of unbranched alkanes of at least 4 members (excludes halogenated alkanes) is 10. The molecule has 1 aromatic rings. The van der Waals surface area contributed by atoms with Crippen molar-refractivity contribution in [2.24, 2.45) is 5.73 Å². The molecular formula is C35H66N2O6Si2. The van der Waals surface area contributed by atoms with Crippen LogP contribution in [-0.2, 0) is 20.9 Å². The van der Waals surface area contributed by atoms with Crippen molar-refractivity contribution in [3.8, 4) is 0 Å². The Hall–Kier alpha value is -2.05. The Morgan fingerprint density at radius 3 is 1.71 bits per heavy atom. The number of nitrogens with zero attached hydrogens (tertiary/aromatic N) is 1. The Morgan fingerprint density at radius 2 is 1.27 bits per heavy atom. The summed E-state index contributed by atoms with van der Waals surface area (Å²) in [6.07, 6.45) is 15.5. The minimum Gasteiger partial charge on any atom is -0.481 e. The van der Waals surface area contributed by atoms with E-state index in [4.69, 9.17) is 15.6 Å². The molecule has 0 aliphatic carbocycles. The van der Waals surface area contributed by atoms with Gasteiger partial charge in [0.1, 0.15) is 6.61 Å². The number of nitro groups is 1. The molecule has 0 amide bonds. The first kappa shape index (κ1) is 43.0. The van der Waals surface area contributed by atoms with Crippen molar-refractivity contribution in [2.75, 3.05) is 13.1 Å². The number of carbonyl (C=O) groups is 2. The third-order valence-electron chi connectivity index (χ3n) is 9.29. The number of aliphatic carboxylic acids is 1. The third-order valence-corrected chi connectivity index (χ3v) is 17.8. The topological polar surface area (TPSA) is 133 Å². The molecule has 0 aliphatic rings. The molecule has 1 rings (SSSR count). The number of rotatable bonds is 25. The van der Waals surface area contributed by atoms with Crippen molar-refractivity contribution in [1.29, 1.82) is 0 Å². The van der Waals surface area contributed by atoms with Crippen LogP contribution in [0.3, 0.4) is 0 Å². The molecule has 0 bridgehead atoms. The molecular weight excluding hydrogens is 601 g/mol. The molecule has 0 spiro atoms. The van der Waals surface area contributed by atoms with Crippen molar-refractivity contribution >= 4 is 28.1 Å². The van der Waals surface area contributed by atoms with E-state index in [2.05, 4.69) is 40.0 Å². The number of carboxylic acids is 1. The predicted molar refractivity (Wildman–Crippen MR) is 193 cm³/mol. The van der Waals surface area contributed by atoms with Crippen LogP contribution in [0.2, 0.25) is 49.4 Å². The molecule has 1 aromatic carbocycles. The minimum absolute atomic E-state index is 0.129. The zero-order valence-corrected chi connectivity index (χ0v) is 31.5. The van der Waals surface area contributed by atoms with Crippen LogP contribution in [-0.4, -0.2) is 51.2 Å². The van der Waals surface area contributed by atoms with E-state index >= 15 is 0 Å². The summed E-state index contributed by atoms with van der Waals surface area (Å²) in [6, 6.07) is 11.8. The van der Waals surface area contributed by atoms with E-state index < -0.39 is 22.1 Å². The van der Waals surface area contributed by atoms with Crippen LogP contribution in [0.5, 0.6) is 0 Å². The summed E-state index contributed by atoms with van der Waals surface area (Å²) in [5.74, 6) is -1.02. The summed E-state index contributed by atoms with van der Waals surface area (Å²) >= 11 is 0. The fraction of sp³-hybridized carbons (Fsp3) is 0.771. The Bertz CT molecular complexity index is 930. The molecule has 3 N–H and O–H groups in total. The van der Waals surface area contributed by atoms with Crippen LogP contribution in [0, 0.1) is 10.1 Å². The van der Waals surface area contributed by atoms with Crippen molar-refractivity contribution < 1.29 is 24.4 Å². The van der Waals surface area contributed by atoms with Crippen LogP contribution < -0.4 is 5.73 Å². The van der Waals surface area contributed by atoms with Gasteiger partial charge in [-0.1, -0.05) is 160 Å². The molecule has 0 heterocycles. The Morgan fingerprint density at radius 1 is 0.800 bits per heavy atom. The summed E-state index contributed by atoms with van der Waals surface area (Å²) < 4.78 is 5.37. The van der Waals surface area contributed by atoms with Gasteiger partial charge in [-0.25, -0.2) is 0 Å². The lowest BCUT2D eigenvalue weighted by Gasteiger charge is -2.30. The number of carboxylic acid groups (broad SMARTS) is 1. The smallest absolute Gasteiger partial charge is 0.306 e. The van der Waals surface area contributed by atoms with Gasteiger partial charge in [0.05, 0.1) is 22.6 Å². The molecule has 0 radical (unpaired) electrons. The van der Waals surface area contributed by atoms with Gasteiger partial charge < -0.3 is 15.6 Å². The second kappa shape index (κ2) is 25.1. The normalized spacial score (nSPS) is 13.0. The second-order valence-electron chi connectivity index (χ2n) is 14.1. The highest BCUT2D eigenvalue weighted by molar-refractivity contribution is 6.79. The average Bonchev–Trinajstić information content (AvgIpc) is 2.98. The zero-order chi connectivity index (χ0) is 34.1. The van der Waals surface area contributed by atoms with Gasteiger partial charge in [0.15, 0.2) is 0 Å². The van der Waals surface area contributed by atoms with E-state index in [-0.39, 0.29) is 48.0 Å². The fourth-order valence-electron chi connectivity index (χ4n) is 5.79. The molecule has 0 saturated heterocycles. The number of esters is 1. The van der Waals surface area contributed by atoms with Gasteiger partial charge in [0, 0.05) is 16.9 Å². The maximum atomic E-state index is 12.3. The molecule has 0 aromatic heterocycles. The molecule has 2 unspecified atom stereocenters. The lowest BCUT2D eigenvalue weighted by Crippen LogP contribution is -2.38. The van der Waals surface area contributed by atoms with E-state index in [0.717, 1.165) is 18.0 Å². The number of benzene rings is 1. The van der Waals surface area contributed by atoms with Crippen LogP contribution in [0.15, 0.2) is 30.3 Å². The highest BCUT2D eigenvalue weighted by Gasteiger charge is 2.37. The Balaban J connectivity index is 0.000000937. The van der Waals surface area contributed by atoms with Crippen molar-refractivity contribution in [1.82, 2.24) is 0 Å². The summed E-state index contributed by atoms with van der Waals surface area (Å²) in [6.45, 7) is 14.0. The first-order valence-corrected chi connectivity index (χ1v) is 24.1. The van der Waals surface area contributed by atoms with Gasteiger partial charge in [-0.2, -0.15) is 0 Å². The van der Waals surface area contributed by atoms with Gasteiger partial charge in [0.25, 0.3) is 0 Å². The number of carbonyl (C=O) groups excluding carboxylic acids is 1. The monoisotopic (exact) mass is 666 g/mol. The molecule has 0 saturated carbocycles. The van der Waals surface area contributed by atoms with Gasteiger partial charge in [0.2, 0.25) is 6.54 Å². The zero-order valence-electron chi connectivity index (χ0n) is 29.5. The minimum atomic E-state index is -1.88. The largest absolute Gasteiger partial charge is 0.481 e. The van der Waals surface area contributed by atoms with Crippen LogP contribution >= 0.6 is 0 Å². The first-order chi connectivity index (χ1) is 21.3. The molecule has 0 aliphatic heterocycles. The third kappa shape index (κ3) is 22.2. The standard InChI is InChI=1S/C21H35NO4Si.C14H31NO2Si/c1-4-5-6-7-8-12-15-27(2,3)20(17-22(24)25)16-21(23)26-18-19-13-10-9-11-14-19;1-4-5-6-7-8-9-10-18(2,3)13(12-15)11-14(16)17/h9-11,13-14,20H,4-8,12,15-18H2,1-3H3;13H,4-12,15H2,1-3H3,(H,16,17). The van der Waals surface area contributed by atoms with Crippen LogP contribution in [0.25, 0.3) is 0 Å². The quantitative estimate of drug-likeness (QED) is 0.0349. The first-order valence-electron chi connectivity index (χ1n) is 17.5. The summed E-state index contributed by atoms with van der Waals surface area (Å²) in [7, 11) is -3.35. The van der Waals surface area contributed by atoms with Crippen LogP contribution in [0.4, 0.5) is 0 Å². The molecule has 8 nitrogen and oxygen atoms in total. The van der Waals surface area contributed by atoms with Gasteiger partial charge in [-0.15, -0.1) is 0 Å². The maximum Gasteiger partial charge on any atom is 0.306 e. The molecule has 45 heavy (non-hydrogen) atoms. The summed E-state index contributed by atoms with van der Waals surface area (Å²) in [4.78, 5) is 34.0. The van der Waals surface area contributed by atoms with Crippen molar-refractivity contribution in [3.63, 3.8) is 0 Å². The highest BCUT2D eigenvalue weighted by Crippen LogP contribution is 2.32. The fourth-order valence-corrected chi connectivity index (χ4v) is 11.7. The second-order valence-corrected chi connectivity index (χ2v) is 24.7. The molecule has 10 heteroatoms. The molecule has 2 atom stereocenters. The van der Waals surface area contributed by atoms with E-state index in [1.165, 1.54) is 76.7 Å². The van der Waals surface area contributed by atoms with E-state index in [9.17, 15) is 19.7 Å². The number of hydrogen-bond acceptors (Lipinski definition) is 6. The molecule has 0 fully saturated rings. The SMILES string of the molecule is CCCCCCCC[Si](C)(C)C(CC(=O)OCc1ccccc1)C[N+](=O)[O-].CCCCCCCC[Si](C)(C)C(CN)CC(=O)O. The van der Waals surface area contributed by atoms with Crippen molar-refractivity contribution in [2.45, 2.75) is 160 Å². The number of ether oxygens (including phenoxy) is 1. The maximum absolute atomic E-state index is 12.3. The van der Waals surface area contributed by atoms with Crippen molar-refractivity contribution in [3.05, 3.63) is 46.0 Å². The van der Waals surface area contributed by atoms with E-state index in [0.29, 0.717) is 6.54 Å². The Labute approximate surface area is 276 Å². The summed E-state index contributed by atoms with van der Waals surface area (Å²) in [5.41, 5.74) is 6.73. The van der Waals surface area contributed by atoms with E-state index in [1.807, 2.05) is 30.3 Å². The number of hydrogen-bond donors (Lipinski definition) is 2. The van der Waals surface area contributed by atoms with Gasteiger partial charge in [-0.3, -0.25) is 19.7 Å². The predicted octanol–water partition coefficient (Wildman–Crippen LogP) is 9.69. The highest BCUT2D eigenvalue weighted by atomic mass is 28.3. The average molecular weight is 667 g/mol. The lowest BCUT2D eigenvalue weighted by molar-refractivity contribution is -0.480. The van der Waals surface area contributed by atoms with Gasteiger partial charge in [-0.05, 0) is 17.6 Å². The van der Waals surface area contributed by atoms with Crippen LogP contribution in [0.1, 0.15) is 109 Å². The number of nitrogens with two attached hydrogens (primary N) is 1. The Kier molecular flexibility index (Phi) is 24.0. The van der Waals surface area contributed by atoms with E-state index in [1.54, 1.807) is 0 Å². The van der Waals surface area contributed by atoms with Gasteiger partial charge >= 0.3 is 11.9 Å². The lowest BCUT2D eigenvalue weighted by atomic mass is 10.1. The molecule has 260 valence electrons.